The molecule has 2 heterocycles. The van der Waals surface area contributed by atoms with E-state index in [0.717, 1.165) is 0 Å². The molecule has 2 N–H and O–H groups in total. The maximum Gasteiger partial charge on any atom is 0.0948 e. The quantitative estimate of drug-likeness (QED) is 0.759. The topological polar surface area (TPSA) is 54.4 Å². The Morgan fingerprint density at radius 3 is 2.80 bits per heavy atom. The molecular formula is C11H16N2O2. The van der Waals surface area contributed by atoms with Crippen molar-refractivity contribution in [2.24, 2.45) is 0 Å². The van der Waals surface area contributed by atoms with Crippen molar-refractivity contribution in [2.75, 3.05) is 13.2 Å². The number of nitrogens with zero attached hydrogens (tertiary/aromatic N) is 1. The molecule has 2 rings (SSSR count). The molecule has 0 saturated carbocycles. The zero-order chi connectivity index (χ0) is 10.7. The van der Waals surface area contributed by atoms with E-state index in [0.29, 0.717) is 13.2 Å². The zero-order valence-electron chi connectivity index (χ0n) is 8.76. The first-order chi connectivity index (χ1) is 7.27. The van der Waals surface area contributed by atoms with E-state index in [1.54, 1.807) is 12.4 Å². The van der Waals surface area contributed by atoms with Crippen molar-refractivity contribution < 1.29 is 9.84 Å². The Kier molecular flexibility index (Phi) is 3.30. The highest BCUT2D eigenvalue weighted by atomic mass is 16.5. The Balaban J connectivity index is 1.95. The molecule has 1 fully saturated rings. The fraction of sp³-hybridized carbons (Fsp3) is 0.545. The van der Waals surface area contributed by atoms with Gasteiger partial charge < -0.3 is 15.2 Å². The second-order valence-corrected chi connectivity index (χ2v) is 3.88. The molecule has 0 spiro atoms. The second kappa shape index (κ2) is 4.70. The van der Waals surface area contributed by atoms with Gasteiger partial charge in [-0.2, -0.15) is 0 Å². The number of pyridine rings is 1. The summed E-state index contributed by atoms with van der Waals surface area (Å²) in [5.41, 5.74) is 1.17. The van der Waals surface area contributed by atoms with Crippen molar-refractivity contribution >= 4 is 0 Å². The molecule has 1 aromatic heterocycles. The molecule has 1 aliphatic rings. The summed E-state index contributed by atoms with van der Waals surface area (Å²) >= 11 is 0. The van der Waals surface area contributed by atoms with E-state index >= 15 is 0 Å². The standard InChI is InChI=1S/C11H16N2O2/c1-8(9-2-4-12-5-3-9)13-10-6-15-7-11(10)14/h2-5,8,10-11,13-14H,6-7H2,1H3/t8-,10?,11?/m0/s1. The molecule has 2 unspecified atom stereocenters. The van der Waals surface area contributed by atoms with E-state index in [1.165, 1.54) is 5.56 Å². The Morgan fingerprint density at radius 2 is 2.20 bits per heavy atom. The van der Waals surface area contributed by atoms with Crippen molar-refractivity contribution in [1.29, 1.82) is 0 Å². The summed E-state index contributed by atoms with van der Waals surface area (Å²) in [6.45, 7) is 3.08. The number of ether oxygens (including phenoxy) is 1. The fourth-order valence-corrected chi connectivity index (χ4v) is 1.77. The van der Waals surface area contributed by atoms with E-state index in [4.69, 9.17) is 4.74 Å². The van der Waals surface area contributed by atoms with Crippen LogP contribution in [0, 0.1) is 0 Å². The van der Waals surface area contributed by atoms with E-state index in [2.05, 4.69) is 17.2 Å². The van der Waals surface area contributed by atoms with Gasteiger partial charge in [0.05, 0.1) is 25.4 Å². The third-order valence-electron chi connectivity index (χ3n) is 2.72. The molecule has 0 radical (unpaired) electrons. The predicted octanol–water partition coefficient (Wildman–Crippen LogP) is 0.492. The van der Waals surface area contributed by atoms with Crippen LogP contribution in [0.2, 0.25) is 0 Å². The van der Waals surface area contributed by atoms with Crippen LogP contribution in [0.1, 0.15) is 18.5 Å². The molecule has 82 valence electrons. The SMILES string of the molecule is C[C@H](NC1COCC1O)c1ccncc1. The number of aromatic nitrogens is 1. The number of nitrogens with one attached hydrogen (secondary N) is 1. The molecule has 0 bridgehead atoms. The van der Waals surface area contributed by atoms with Crippen LogP contribution in [0.5, 0.6) is 0 Å². The molecule has 1 aliphatic heterocycles. The molecule has 15 heavy (non-hydrogen) atoms. The predicted molar refractivity (Wildman–Crippen MR) is 56.4 cm³/mol. The Morgan fingerprint density at radius 1 is 1.47 bits per heavy atom. The number of aliphatic hydroxyl groups is 1. The van der Waals surface area contributed by atoms with Gasteiger partial charge in [0.25, 0.3) is 0 Å². The van der Waals surface area contributed by atoms with Gasteiger partial charge in [-0.05, 0) is 24.6 Å². The van der Waals surface area contributed by atoms with Crippen molar-refractivity contribution in [3.05, 3.63) is 30.1 Å². The largest absolute Gasteiger partial charge is 0.389 e. The lowest BCUT2D eigenvalue weighted by atomic mass is 10.1. The molecule has 0 aliphatic carbocycles. The summed E-state index contributed by atoms with van der Waals surface area (Å²) in [7, 11) is 0. The number of aliphatic hydroxyl groups excluding tert-OH is 1. The monoisotopic (exact) mass is 208 g/mol. The average Bonchev–Trinajstić information content (AvgIpc) is 2.66. The van der Waals surface area contributed by atoms with Crippen molar-refractivity contribution in [2.45, 2.75) is 25.1 Å². The summed E-state index contributed by atoms with van der Waals surface area (Å²) < 4.78 is 5.18. The van der Waals surface area contributed by atoms with E-state index in [9.17, 15) is 5.11 Å². The molecule has 1 saturated heterocycles. The van der Waals surface area contributed by atoms with E-state index in [-0.39, 0.29) is 12.1 Å². The van der Waals surface area contributed by atoms with Gasteiger partial charge in [-0.15, -0.1) is 0 Å². The lowest BCUT2D eigenvalue weighted by molar-refractivity contribution is 0.121. The summed E-state index contributed by atoms with van der Waals surface area (Å²) in [4.78, 5) is 3.97. The Hall–Kier alpha value is -0.970. The third kappa shape index (κ3) is 2.53. The van der Waals surface area contributed by atoms with Gasteiger partial charge in [0, 0.05) is 18.4 Å². The van der Waals surface area contributed by atoms with Crippen LogP contribution in [-0.2, 0) is 4.74 Å². The van der Waals surface area contributed by atoms with Gasteiger partial charge in [0.1, 0.15) is 0 Å². The first-order valence-electron chi connectivity index (χ1n) is 5.19. The third-order valence-corrected chi connectivity index (χ3v) is 2.72. The summed E-state index contributed by atoms with van der Waals surface area (Å²) in [5.74, 6) is 0. The van der Waals surface area contributed by atoms with Gasteiger partial charge in [-0.3, -0.25) is 4.98 Å². The first kappa shape index (κ1) is 10.5. The summed E-state index contributed by atoms with van der Waals surface area (Å²) in [5, 5.41) is 12.9. The maximum atomic E-state index is 9.58. The van der Waals surface area contributed by atoms with Gasteiger partial charge in [-0.25, -0.2) is 0 Å². The lowest BCUT2D eigenvalue weighted by Crippen LogP contribution is -2.40. The molecule has 3 atom stereocenters. The Labute approximate surface area is 89.3 Å². The highest BCUT2D eigenvalue weighted by Crippen LogP contribution is 2.14. The zero-order valence-corrected chi connectivity index (χ0v) is 8.76. The van der Waals surface area contributed by atoms with Crippen molar-refractivity contribution in [3.63, 3.8) is 0 Å². The van der Waals surface area contributed by atoms with Crippen LogP contribution in [0.15, 0.2) is 24.5 Å². The van der Waals surface area contributed by atoms with E-state index < -0.39 is 6.10 Å². The average molecular weight is 208 g/mol. The van der Waals surface area contributed by atoms with Crippen molar-refractivity contribution in [1.82, 2.24) is 10.3 Å². The van der Waals surface area contributed by atoms with E-state index in [1.807, 2.05) is 12.1 Å². The van der Waals surface area contributed by atoms with Gasteiger partial charge in [0.2, 0.25) is 0 Å². The lowest BCUT2D eigenvalue weighted by Gasteiger charge is -2.20. The molecule has 0 aromatic carbocycles. The maximum absolute atomic E-state index is 9.58. The number of hydrogen-bond acceptors (Lipinski definition) is 4. The summed E-state index contributed by atoms with van der Waals surface area (Å²) in [6, 6.07) is 4.18. The molecule has 4 heteroatoms. The molecule has 0 amide bonds. The minimum atomic E-state index is -0.394. The first-order valence-corrected chi connectivity index (χ1v) is 5.19. The smallest absolute Gasteiger partial charge is 0.0948 e. The van der Waals surface area contributed by atoms with Gasteiger partial charge in [0.15, 0.2) is 0 Å². The van der Waals surface area contributed by atoms with Gasteiger partial charge >= 0.3 is 0 Å². The van der Waals surface area contributed by atoms with Crippen LogP contribution in [0.3, 0.4) is 0 Å². The van der Waals surface area contributed by atoms with Crippen LogP contribution in [0.4, 0.5) is 0 Å². The minimum absolute atomic E-state index is 0.0353. The summed E-state index contributed by atoms with van der Waals surface area (Å²) in [6.07, 6.45) is 3.15. The molecule has 1 aromatic rings. The Bertz CT molecular complexity index is 305. The van der Waals surface area contributed by atoms with Crippen LogP contribution in [0.25, 0.3) is 0 Å². The van der Waals surface area contributed by atoms with Crippen LogP contribution in [-0.4, -0.2) is 35.5 Å². The van der Waals surface area contributed by atoms with Crippen LogP contribution >= 0.6 is 0 Å². The van der Waals surface area contributed by atoms with Crippen LogP contribution < -0.4 is 5.32 Å². The highest BCUT2D eigenvalue weighted by Gasteiger charge is 2.27. The number of rotatable bonds is 3. The minimum Gasteiger partial charge on any atom is -0.389 e. The highest BCUT2D eigenvalue weighted by molar-refractivity contribution is 5.14. The molecule has 4 nitrogen and oxygen atoms in total. The second-order valence-electron chi connectivity index (χ2n) is 3.88. The van der Waals surface area contributed by atoms with Gasteiger partial charge in [-0.1, -0.05) is 0 Å². The normalized spacial score (nSPS) is 27.9. The van der Waals surface area contributed by atoms with Crippen molar-refractivity contribution in [3.8, 4) is 0 Å². The molecular weight excluding hydrogens is 192 g/mol. The fourth-order valence-electron chi connectivity index (χ4n) is 1.77. The number of hydrogen-bond donors (Lipinski definition) is 2.